The molecule has 2 N–H and O–H groups in total. The van der Waals surface area contributed by atoms with Gasteiger partial charge in [0.2, 0.25) is 0 Å². The number of hydrogen-bond donors (Lipinski definition) is 2. The van der Waals surface area contributed by atoms with E-state index in [0.717, 1.165) is 0 Å². The molecule has 0 saturated heterocycles. The molecule has 3 unspecified atom stereocenters. The van der Waals surface area contributed by atoms with Gasteiger partial charge >= 0.3 is 12.1 Å². The van der Waals surface area contributed by atoms with Crippen LogP contribution in [-0.4, -0.2) is 29.3 Å². The highest BCUT2D eigenvalue weighted by atomic mass is 19.4. The number of carboxylic acids is 1. The lowest BCUT2D eigenvalue weighted by atomic mass is 9.84. The molecule has 0 amide bonds. The minimum absolute atomic E-state index is 0.0139. The van der Waals surface area contributed by atoms with Crippen molar-refractivity contribution < 1.29 is 23.1 Å². The SMILES string of the molecule is CC(C)C(NC1CCCC(C(F)(F)F)C1)C(=O)O. The zero-order chi connectivity index (χ0) is 13.9. The van der Waals surface area contributed by atoms with Crippen molar-refractivity contribution in [1.29, 1.82) is 0 Å². The average molecular weight is 267 g/mol. The molecule has 106 valence electrons. The average Bonchev–Trinajstić information content (AvgIpc) is 2.24. The maximum absolute atomic E-state index is 12.6. The highest BCUT2D eigenvalue weighted by Crippen LogP contribution is 2.37. The first-order valence-electron chi connectivity index (χ1n) is 6.27. The van der Waals surface area contributed by atoms with Crippen molar-refractivity contribution in [1.82, 2.24) is 5.32 Å². The summed E-state index contributed by atoms with van der Waals surface area (Å²) in [6.45, 7) is 3.49. The first-order chi connectivity index (χ1) is 8.21. The van der Waals surface area contributed by atoms with Crippen molar-refractivity contribution in [3.05, 3.63) is 0 Å². The van der Waals surface area contributed by atoms with Crippen LogP contribution in [0.15, 0.2) is 0 Å². The molecule has 0 aromatic heterocycles. The number of alkyl halides is 3. The van der Waals surface area contributed by atoms with E-state index in [9.17, 15) is 18.0 Å². The van der Waals surface area contributed by atoms with E-state index in [1.807, 2.05) is 0 Å². The summed E-state index contributed by atoms with van der Waals surface area (Å²) in [7, 11) is 0. The molecule has 6 heteroatoms. The smallest absolute Gasteiger partial charge is 0.391 e. The van der Waals surface area contributed by atoms with E-state index in [0.29, 0.717) is 12.8 Å². The molecule has 3 nitrogen and oxygen atoms in total. The third-order valence-corrected chi connectivity index (χ3v) is 3.49. The van der Waals surface area contributed by atoms with E-state index in [-0.39, 0.29) is 24.8 Å². The predicted octanol–water partition coefficient (Wildman–Crippen LogP) is 2.81. The lowest BCUT2D eigenvalue weighted by molar-refractivity contribution is -0.184. The van der Waals surface area contributed by atoms with Crippen molar-refractivity contribution in [3.63, 3.8) is 0 Å². The summed E-state index contributed by atoms with van der Waals surface area (Å²) in [4.78, 5) is 11.0. The molecule has 0 aliphatic heterocycles. The van der Waals surface area contributed by atoms with Crippen LogP contribution >= 0.6 is 0 Å². The minimum Gasteiger partial charge on any atom is -0.480 e. The van der Waals surface area contributed by atoms with E-state index in [1.54, 1.807) is 13.8 Å². The Hall–Kier alpha value is -0.780. The van der Waals surface area contributed by atoms with Crippen LogP contribution in [0.4, 0.5) is 13.2 Å². The first-order valence-corrected chi connectivity index (χ1v) is 6.27. The zero-order valence-corrected chi connectivity index (χ0v) is 10.6. The Morgan fingerprint density at radius 2 is 1.94 bits per heavy atom. The molecule has 1 fully saturated rings. The van der Waals surface area contributed by atoms with Gasteiger partial charge in [-0.25, -0.2) is 0 Å². The van der Waals surface area contributed by atoms with Crippen LogP contribution in [0.25, 0.3) is 0 Å². The zero-order valence-electron chi connectivity index (χ0n) is 10.6. The summed E-state index contributed by atoms with van der Waals surface area (Å²) in [5.41, 5.74) is 0. The normalized spacial score (nSPS) is 27.2. The molecule has 1 aliphatic carbocycles. The summed E-state index contributed by atoms with van der Waals surface area (Å²) in [6.07, 6.45) is -2.92. The number of aliphatic carboxylic acids is 1. The Kier molecular flexibility index (Phi) is 5.01. The molecular weight excluding hydrogens is 247 g/mol. The lowest BCUT2D eigenvalue weighted by Gasteiger charge is -2.33. The fourth-order valence-corrected chi connectivity index (χ4v) is 2.44. The Labute approximate surface area is 105 Å². The Morgan fingerprint density at radius 1 is 1.33 bits per heavy atom. The third-order valence-electron chi connectivity index (χ3n) is 3.49. The summed E-state index contributed by atoms with van der Waals surface area (Å²) in [5.74, 6) is -2.45. The van der Waals surface area contributed by atoms with Crippen LogP contribution in [0.2, 0.25) is 0 Å². The second-order valence-electron chi connectivity index (χ2n) is 5.33. The van der Waals surface area contributed by atoms with Gasteiger partial charge in [-0.3, -0.25) is 4.79 Å². The molecule has 0 bridgehead atoms. The van der Waals surface area contributed by atoms with Gasteiger partial charge in [-0.2, -0.15) is 13.2 Å². The van der Waals surface area contributed by atoms with Gasteiger partial charge in [0.15, 0.2) is 0 Å². The van der Waals surface area contributed by atoms with Gasteiger partial charge in [-0.15, -0.1) is 0 Å². The van der Waals surface area contributed by atoms with E-state index < -0.39 is 24.1 Å². The van der Waals surface area contributed by atoms with Gasteiger partial charge in [-0.05, 0) is 25.2 Å². The number of carbonyl (C=O) groups is 1. The van der Waals surface area contributed by atoms with E-state index in [2.05, 4.69) is 5.32 Å². The predicted molar refractivity (Wildman–Crippen MR) is 61.2 cm³/mol. The second-order valence-corrected chi connectivity index (χ2v) is 5.33. The topological polar surface area (TPSA) is 49.3 Å². The fourth-order valence-electron chi connectivity index (χ4n) is 2.44. The lowest BCUT2D eigenvalue weighted by Crippen LogP contribution is -2.49. The maximum Gasteiger partial charge on any atom is 0.391 e. The van der Waals surface area contributed by atoms with Gasteiger partial charge in [0.1, 0.15) is 6.04 Å². The van der Waals surface area contributed by atoms with Crippen molar-refractivity contribution in [2.75, 3.05) is 0 Å². The van der Waals surface area contributed by atoms with E-state index in [4.69, 9.17) is 5.11 Å². The monoisotopic (exact) mass is 267 g/mol. The highest BCUT2D eigenvalue weighted by Gasteiger charge is 2.42. The molecule has 1 rings (SSSR count). The van der Waals surface area contributed by atoms with Crippen LogP contribution in [0.5, 0.6) is 0 Å². The van der Waals surface area contributed by atoms with Gasteiger partial charge in [0.25, 0.3) is 0 Å². The van der Waals surface area contributed by atoms with Gasteiger partial charge in [-0.1, -0.05) is 20.3 Å². The Balaban J connectivity index is 2.59. The molecule has 3 atom stereocenters. The molecule has 0 spiro atoms. The Bertz CT molecular complexity index is 292. The largest absolute Gasteiger partial charge is 0.480 e. The molecule has 0 heterocycles. The van der Waals surface area contributed by atoms with Gasteiger partial charge < -0.3 is 10.4 Å². The number of rotatable bonds is 4. The quantitative estimate of drug-likeness (QED) is 0.823. The van der Waals surface area contributed by atoms with Crippen molar-refractivity contribution >= 4 is 5.97 Å². The third kappa shape index (κ3) is 4.15. The standard InChI is InChI=1S/C12H20F3NO2/c1-7(2)10(11(17)18)16-9-5-3-4-8(6-9)12(13,14)15/h7-10,16H,3-6H2,1-2H3,(H,17,18). The molecule has 1 aliphatic rings. The minimum atomic E-state index is -4.17. The fraction of sp³-hybridized carbons (Fsp3) is 0.917. The van der Waals surface area contributed by atoms with E-state index >= 15 is 0 Å². The molecular formula is C12H20F3NO2. The number of halogens is 3. The number of hydrogen-bond acceptors (Lipinski definition) is 2. The Morgan fingerprint density at radius 3 is 2.39 bits per heavy atom. The highest BCUT2D eigenvalue weighted by molar-refractivity contribution is 5.73. The summed E-state index contributed by atoms with van der Waals surface area (Å²) in [6, 6.07) is -1.13. The first kappa shape index (κ1) is 15.3. The van der Waals surface area contributed by atoms with Gasteiger partial charge in [0, 0.05) is 6.04 Å². The van der Waals surface area contributed by atoms with Crippen LogP contribution < -0.4 is 5.32 Å². The van der Waals surface area contributed by atoms with Crippen LogP contribution in [0.3, 0.4) is 0 Å². The number of nitrogens with one attached hydrogen (secondary N) is 1. The van der Waals surface area contributed by atoms with Crippen molar-refractivity contribution in [2.24, 2.45) is 11.8 Å². The van der Waals surface area contributed by atoms with Crippen LogP contribution in [0.1, 0.15) is 39.5 Å². The summed E-state index contributed by atoms with van der Waals surface area (Å²) >= 11 is 0. The number of carboxylic acid groups (broad SMARTS) is 1. The van der Waals surface area contributed by atoms with E-state index in [1.165, 1.54) is 0 Å². The summed E-state index contributed by atoms with van der Waals surface area (Å²) in [5, 5.41) is 11.9. The van der Waals surface area contributed by atoms with Crippen LogP contribution in [0, 0.1) is 11.8 Å². The molecule has 0 aromatic rings. The maximum atomic E-state index is 12.6. The van der Waals surface area contributed by atoms with Crippen molar-refractivity contribution in [2.45, 2.75) is 57.8 Å². The molecule has 0 aromatic carbocycles. The molecule has 1 saturated carbocycles. The van der Waals surface area contributed by atoms with Gasteiger partial charge in [0.05, 0.1) is 5.92 Å². The summed E-state index contributed by atoms with van der Waals surface area (Å²) < 4.78 is 37.9. The molecule has 18 heavy (non-hydrogen) atoms. The van der Waals surface area contributed by atoms with Crippen LogP contribution in [-0.2, 0) is 4.79 Å². The second kappa shape index (κ2) is 5.91. The molecule has 0 radical (unpaired) electrons. The van der Waals surface area contributed by atoms with Crippen molar-refractivity contribution in [3.8, 4) is 0 Å².